The first-order chi connectivity index (χ1) is 16.0. The largest absolute Gasteiger partial charge is 0.370 e. The molecule has 1 saturated carbocycles. The summed E-state index contributed by atoms with van der Waals surface area (Å²) < 4.78 is 27.3. The van der Waals surface area contributed by atoms with Crippen molar-refractivity contribution in [3.8, 4) is 0 Å². The highest BCUT2D eigenvalue weighted by Crippen LogP contribution is 2.32. The zero-order chi connectivity index (χ0) is 22.8. The van der Waals surface area contributed by atoms with E-state index in [0.29, 0.717) is 5.92 Å². The number of hydrogen-bond acceptors (Lipinski definition) is 4. The first kappa shape index (κ1) is 22.8. The maximum Gasteiger partial charge on any atom is 0.318 e. The number of thiophene rings is 1. The van der Waals surface area contributed by atoms with Crippen molar-refractivity contribution in [1.82, 2.24) is 15.1 Å². The van der Waals surface area contributed by atoms with Gasteiger partial charge in [0, 0.05) is 41.4 Å². The van der Waals surface area contributed by atoms with Gasteiger partial charge >= 0.3 is 6.03 Å². The number of urea groups is 1. The molecule has 1 aromatic carbocycles. The van der Waals surface area contributed by atoms with Crippen LogP contribution in [0.4, 0.5) is 19.3 Å². The Bertz CT molecular complexity index is 951. The van der Waals surface area contributed by atoms with Gasteiger partial charge in [-0.25, -0.2) is 13.6 Å². The minimum atomic E-state index is -2.70. The van der Waals surface area contributed by atoms with Crippen LogP contribution in [0.15, 0.2) is 29.6 Å². The first-order valence-electron chi connectivity index (χ1n) is 12.3. The maximum absolute atomic E-state index is 13.0. The van der Waals surface area contributed by atoms with Gasteiger partial charge in [0.2, 0.25) is 0 Å². The normalized spacial score (nSPS) is 26.1. The first-order valence-corrected chi connectivity index (χ1v) is 13.2. The molecule has 1 aliphatic carbocycles. The quantitative estimate of drug-likeness (QED) is 0.658. The molecule has 3 aliphatic rings. The smallest absolute Gasteiger partial charge is 0.318 e. The third-order valence-corrected chi connectivity index (χ3v) is 8.44. The number of benzene rings is 1. The lowest BCUT2D eigenvalue weighted by atomic mass is 9.84. The van der Waals surface area contributed by atoms with Crippen molar-refractivity contribution in [2.24, 2.45) is 5.92 Å². The summed E-state index contributed by atoms with van der Waals surface area (Å²) in [5, 5.41) is 6.52. The third kappa shape index (κ3) is 5.43. The Kier molecular flexibility index (Phi) is 6.74. The highest BCUT2D eigenvalue weighted by molar-refractivity contribution is 7.17. The number of alkyl halides is 2. The number of hydrogen-bond donors (Lipinski definition) is 1. The highest BCUT2D eigenvalue weighted by atomic mass is 32.1. The van der Waals surface area contributed by atoms with Gasteiger partial charge in [-0.3, -0.25) is 0 Å². The van der Waals surface area contributed by atoms with E-state index in [1.165, 1.54) is 33.5 Å². The molecule has 3 heterocycles. The molecular weight excluding hydrogens is 442 g/mol. The van der Waals surface area contributed by atoms with Crippen LogP contribution < -0.4 is 10.2 Å². The van der Waals surface area contributed by atoms with Gasteiger partial charge in [0.05, 0.1) is 13.1 Å². The topological polar surface area (TPSA) is 38.8 Å². The minimum Gasteiger partial charge on any atom is -0.370 e. The summed E-state index contributed by atoms with van der Waals surface area (Å²) in [7, 11) is 0. The van der Waals surface area contributed by atoms with E-state index in [0.717, 1.165) is 58.4 Å². The molecule has 0 radical (unpaired) electrons. The zero-order valence-electron chi connectivity index (χ0n) is 19.1. The Morgan fingerprint density at radius 3 is 2.67 bits per heavy atom. The molecule has 1 aromatic heterocycles. The van der Waals surface area contributed by atoms with Crippen LogP contribution in [0.3, 0.4) is 0 Å². The monoisotopic (exact) mass is 476 g/mol. The van der Waals surface area contributed by atoms with E-state index in [-0.39, 0.29) is 12.1 Å². The number of nitrogens with zero attached hydrogens (tertiary/aromatic N) is 3. The number of carbonyl (C=O) groups excluding carboxylic acids is 1. The predicted molar refractivity (Wildman–Crippen MR) is 131 cm³/mol. The molecule has 0 bridgehead atoms. The fourth-order valence-corrected chi connectivity index (χ4v) is 6.38. The van der Waals surface area contributed by atoms with Crippen LogP contribution >= 0.6 is 11.3 Å². The van der Waals surface area contributed by atoms with E-state index >= 15 is 0 Å². The summed E-state index contributed by atoms with van der Waals surface area (Å²) in [6.07, 6.45) is 6.54. The summed E-state index contributed by atoms with van der Waals surface area (Å²) in [4.78, 5) is 18.5. The van der Waals surface area contributed by atoms with Crippen LogP contribution in [0.1, 0.15) is 38.5 Å². The molecule has 2 aliphatic heterocycles. The molecule has 2 saturated heterocycles. The van der Waals surface area contributed by atoms with Crippen LogP contribution in [-0.2, 0) is 0 Å². The number of fused-ring (bicyclic) bond motifs is 1. The zero-order valence-corrected chi connectivity index (χ0v) is 20.0. The van der Waals surface area contributed by atoms with Gasteiger partial charge in [0.25, 0.3) is 5.92 Å². The molecular formula is C25H34F2N4OS. The van der Waals surface area contributed by atoms with E-state index in [1.807, 2.05) is 11.3 Å². The standard InChI is InChI=1S/C25H34F2N4OS/c26-25(27)17-31(18-25)24(32)28-20-7-5-19(6-8-20)9-13-29-11-2-12-30(15-14-29)22-3-1-4-23-21(22)10-16-33-23/h1,3-4,10,16,19-20H,2,5-9,11-15,17-18H2,(H,28,32). The van der Waals surface area contributed by atoms with E-state index in [4.69, 9.17) is 0 Å². The lowest BCUT2D eigenvalue weighted by Gasteiger charge is -2.40. The summed E-state index contributed by atoms with van der Waals surface area (Å²) in [6.45, 7) is 4.70. The second-order valence-electron chi connectivity index (χ2n) is 9.96. The van der Waals surface area contributed by atoms with Gasteiger partial charge in [-0.05, 0) is 81.1 Å². The Labute approximate surface area is 198 Å². The molecule has 8 heteroatoms. The molecule has 5 rings (SSSR count). The third-order valence-electron chi connectivity index (χ3n) is 7.56. The fraction of sp³-hybridized carbons (Fsp3) is 0.640. The molecule has 2 aromatic rings. The molecule has 0 atom stereocenters. The van der Waals surface area contributed by atoms with Crippen LogP contribution in [0, 0.1) is 5.92 Å². The SMILES string of the molecule is O=C(NC1CCC(CCN2CCCN(c3cccc4sccc34)CC2)CC1)N1CC(F)(F)C1. The highest BCUT2D eigenvalue weighted by Gasteiger charge is 2.46. The Hall–Kier alpha value is -1.93. The molecule has 5 nitrogen and oxygen atoms in total. The number of rotatable bonds is 5. The Balaban J connectivity index is 1.03. The molecule has 0 spiro atoms. The lowest BCUT2D eigenvalue weighted by Crippen LogP contribution is -2.62. The molecule has 2 amide bonds. The fourth-order valence-electron chi connectivity index (χ4n) is 5.57. The maximum atomic E-state index is 13.0. The van der Waals surface area contributed by atoms with Crippen LogP contribution in [-0.4, -0.2) is 73.6 Å². The number of likely N-dealkylation sites (tertiary alicyclic amines) is 1. The van der Waals surface area contributed by atoms with Crippen LogP contribution in [0.2, 0.25) is 0 Å². The van der Waals surface area contributed by atoms with Crippen molar-refractivity contribution in [3.63, 3.8) is 0 Å². The van der Waals surface area contributed by atoms with E-state index in [2.05, 4.69) is 44.8 Å². The van der Waals surface area contributed by atoms with Crippen molar-refractivity contribution in [1.29, 1.82) is 0 Å². The van der Waals surface area contributed by atoms with Gasteiger partial charge in [-0.15, -0.1) is 11.3 Å². The molecule has 3 fully saturated rings. The van der Waals surface area contributed by atoms with Gasteiger partial charge in [-0.2, -0.15) is 0 Å². The number of amides is 2. The van der Waals surface area contributed by atoms with Gasteiger partial charge < -0.3 is 20.0 Å². The summed E-state index contributed by atoms with van der Waals surface area (Å²) in [6, 6.07) is 8.70. The van der Waals surface area contributed by atoms with Crippen molar-refractivity contribution >= 4 is 33.1 Å². The van der Waals surface area contributed by atoms with Gasteiger partial charge in [-0.1, -0.05) is 6.07 Å². The average Bonchev–Trinajstić information content (AvgIpc) is 3.15. The van der Waals surface area contributed by atoms with Crippen LogP contribution in [0.5, 0.6) is 0 Å². The number of nitrogens with one attached hydrogen (secondary N) is 1. The molecule has 1 N–H and O–H groups in total. The van der Waals surface area contributed by atoms with E-state index in [9.17, 15) is 13.6 Å². The second-order valence-corrected chi connectivity index (χ2v) is 10.9. The minimum absolute atomic E-state index is 0.134. The predicted octanol–water partition coefficient (Wildman–Crippen LogP) is 5.02. The number of anilines is 1. The lowest BCUT2D eigenvalue weighted by molar-refractivity contribution is -0.110. The average molecular weight is 477 g/mol. The van der Waals surface area contributed by atoms with Gasteiger partial charge in [0.1, 0.15) is 0 Å². The Morgan fingerprint density at radius 2 is 1.88 bits per heavy atom. The summed E-state index contributed by atoms with van der Waals surface area (Å²) in [5.74, 6) is -2.00. The molecule has 0 unspecified atom stereocenters. The van der Waals surface area contributed by atoms with Crippen molar-refractivity contribution in [2.45, 2.75) is 50.5 Å². The van der Waals surface area contributed by atoms with Crippen LogP contribution in [0.25, 0.3) is 10.1 Å². The number of halogens is 2. The second kappa shape index (κ2) is 9.74. The van der Waals surface area contributed by atoms with E-state index < -0.39 is 19.0 Å². The van der Waals surface area contributed by atoms with Gasteiger partial charge in [0.15, 0.2) is 0 Å². The summed E-state index contributed by atoms with van der Waals surface area (Å²) in [5.41, 5.74) is 1.37. The van der Waals surface area contributed by atoms with Crippen molar-refractivity contribution < 1.29 is 13.6 Å². The van der Waals surface area contributed by atoms with Crippen molar-refractivity contribution in [3.05, 3.63) is 29.6 Å². The number of carbonyl (C=O) groups is 1. The molecule has 180 valence electrons. The Morgan fingerprint density at radius 1 is 1.06 bits per heavy atom. The summed E-state index contributed by atoms with van der Waals surface area (Å²) >= 11 is 1.81. The van der Waals surface area contributed by atoms with E-state index in [1.54, 1.807) is 0 Å². The molecule has 33 heavy (non-hydrogen) atoms. The van der Waals surface area contributed by atoms with Crippen molar-refractivity contribution in [2.75, 3.05) is 50.7 Å².